The van der Waals surface area contributed by atoms with Crippen molar-refractivity contribution in [2.24, 2.45) is 0 Å². The van der Waals surface area contributed by atoms with E-state index in [4.69, 9.17) is 4.74 Å². The first kappa shape index (κ1) is 11.0. The second-order valence-electron chi connectivity index (χ2n) is 4.11. The minimum Gasteiger partial charge on any atom is -0.461 e. The van der Waals surface area contributed by atoms with Gasteiger partial charge in [0, 0.05) is 17.7 Å². The molecule has 0 aromatic carbocycles. The highest BCUT2D eigenvalue weighted by molar-refractivity contribution is 5.88. The normalized spacial score (nSPS) is 15.6. The van der Waals surface area contributed by atoms with Crippen molar-refractivity contribution in [3.05, 3.63) is 23.3 Å². The molecule has 0 radical (unpaired) electrons. The van der Waals surface area contributed by atoms with Crippen LogP contribution in [0.15, 0.2) is 6.20 Å². The Morgan fingerprint density at radius 3 is 2.88 bits per heavy atom. The molecule has 0 unspecified atom stereocenters. The Hall–Kier alpha value is -1.45. The summed E-state index contributed by atoms with van der Waals surface area (Å²) in [6.07, 6.45) is 5.21. The summed E-state index contributed by atoms with van der Waals surface area (Å²) < 4.78 is 4.97. The molecule has 0 aliphatic heterocycles. The molecule has 1 aromatic heterocycles. The van der Waals surface area contributed by atoms with Crippen LogP contribution in [-0.2, 0) is 4.74 Å². The monoisotopic (exact) mass is 220 g/mol. The van der Waals surface area contributed by atoms with Gasteiger partial charge in [-0.2, -0.15) is 0 Å². The summed E-state index contributed by atoms with van der Waals surface area (Å²) in [4.78, 5) is 20.2. The van der Waals surface area contributed by atoms with Crippen LogP contribution in [0.1, 0.15) is 54.0 Å². The van der Waals surface area contributed by atoms with Gasteiger partial charge in [0.1, 0.15) is 5.82 Å². The van der Waals surface area contributed by atoms with Crippen molar-refractivity contribution in [1.82, 2.24) is 9.97 Å². The van der Waals surface area contributed by atoms with Crippen LogP contribution >= 0.6 is 0 Å². The number of hydrogen-bond donors (Lipinski definition) is 0. The summed E-state index contributed by atoms with van der Waals surface area (Å²) in [5, 5.41) is 0. The predicted octanol–water partition coefficient (Wildman–Crippen LogP) is 2.23. The van der Waals surface area contributed by atoms with Gasteiger partial charge in [-0.3, -0.25) is 0 Å². The van der Waals surface area contributed by atoms with Crippen LogP contribution in [0, 0.1) is 6.92 Å². The zero-order chi connectivity index (χ0) is 11.5. The van der Waals surface area contributed by atoms with Crippen molar-refractivity contribution in [3.8, 4) is 0 Å². The van der Waals surface area contributed by atoms with Crippen molar-refractivity contribution in [2.75, 3.05) is 6.61 Å². The number of esters is 1. The number of hydrogen-bond acceptors (Lipinski definition) is 4. The Balaban J connectivity index is 2.24. The molecule has 1 aliphatic carbocycles. The summed E-state index contributed by atoms with van der Waals surface area (Å²) in [6, 6.07) is 0. The third-order valence-corrected chi connectivity index (χ3v) is 2.93. The molecular formula is C12H16N2O2. The molecule has 1 aliphatic rings. The zero-order valence-corrected chi connectivity index (χ0v) is 9.69. The number of rotatable bonds is 3. The van der Waals surface area contributed by atoms with Gasteiger partial charge in [-0.25, -0.2) is 14.8 Å². The Morgan fingerprint density at radius 1 is 1.56 bits per heavy atom. The number of carbonyl (C=O) groups is 1. The van der Waals surface area contributed by atoms with Crippen LogP contribution < -0.4 is 0 Å². The van der Waals surface area contributed by atoms with Crippen LogP contribution in [0.4, 0.5) is 0 Å². The van der Waals surface area contributed by atoms with Gasteiger partial charge in [0.25, 0.3) is 0 Å². The Bertz CT molecular complexity index is 400. The van der Waals surface area contributed by atoms with E-state index in [0.717, 1.165) is 24.2 Å². The molecule has 0 saturated heterocycles. The average molecular weight is 220 g/mol. The number of aromatic nitrogens is 2. The standard InChI is InChI=1S/C12H16N2O2/c1-3-16-12(15)10-8(2)7-13-11(14-10)9-5-4-6-9/h7,9H,3-6H2,1-2H3. The molecular weight excluding hydrogens is 204 g/mol. The van der Waals surface area contributed by atoms with Gasteiger partial charge < -0.3 is 4.74 Å². The molecule has 0 bridgehead atoms. The van der Waals surface area contributed by atoms with Gasteiger partial charge in [0.15, 0.2) is 5.69 Å². The van der Waals surface area contributed by atoms with E-state index in [2.05, 4.69) is 9.97 Å². The first-order valence-electron chi connectivity index (χ1n) is 5.73. The second-order valence-corrected chi connectivity index (χ2v) is 4.11. The smallest absolute Gasteiger partial charge is 0.357 e. The van der Waals surface area contributed by atoms with E-state index in [1.165, 1.54) is 6.42 Å². The molecule has 1 fully saturated rings. The van der Waals surface area contributed by atoms with Crippen molar-refractivity contribution in [2.45, 2.75) is 39.0 Å². The van der Waals surface area contributed by atoms with E-state index in [9.17, 15) is 4.79 Å². The maximum Gasteiger partial charge on any atom is 0.357 e. The van der Waals surface area contributed by atoms with Gasteiger partial charge in [0.2, 0.25) is 0 Å². The van der Waals surface area contributed by atoms with E-state index in [1.807, 2.05) is 6.92 Å². The van der Waals surface area contributed by atoms with E-state index in [-0.39, 0.29) is 5.97 Å². The number of nitrogens with zero attached hydrogens (tertiary/aromatic N) is 2. The molecule has 4 nitrogen and oxygen atoms in total. The molecule has 86 valence electrons. The highest BCUT2D eigenvalue weighted by Crippen LogP contribution is 2.34. The molecule has 1 aromatic rings. The molecule has 1 saturated carbocycles. The average Bonchev–Trinajstić information content (AvgIpc) is 2.18. The van der Waals surface area contributed by atoms with Gasteiger partial charge in [-0.05, 0) is 26.7 Å². The fraction of sp³-hybridized carbons (Fsp3) is 0.583. The summed E-state index contributed by atoms with van der Waals surface area (Å²) in [5.41, 5.74) is 1.19. The fourth-order valence-corrected chi connectivity index (χ4v) is 1.72. The molecule has 0 spiro atoms. The van der Waals surface area contributed by atoms with Crippen molar-refractivity contribution in [3.63, 3.8) is 0 Å². The van der Waals surface area contributed by atoms with E-state index in [0.29, 0.717) is 18.2 Å². The lowest BCUT2D eigenvalue weighted by molar-refractivity contribution is 0.0517. The van der Waals surface area contributed by atoms with Crippen LogP contribution in [0.2, 0.25) is 0 Å². The Labute approximate surface area is 95.1 Å². The van der Waals surface area contributed by atoms with Gasteiger partial charge >= 0.3 is 5.97 Å². The minimum atomic E-state index is -0.344. The zero-order valence-electron chi connectivity index (χ0n) is 9.69. The van der Waals surface area contributed by atoms with Crippen LogP contribution in [0.25, 0.3) is 0 Å². The van der Waals surface area contributed by atoms with Crippen LogP contribution in [0.3, 0.4) is 0 Å². The van der Waals surface area contributed by atoms with Crippen molar-refractivity contribution < 1.29 is 9.53 Å². The summed E-state index contributed by atoms with van der Waals surface area (Å²) in [5.74, 6) is 0.886. The first-order chi connectivity index (χ1) is 7.72. The third kappa shape index (κ3) is 2.05. The second kappa shape index (κ2) is 4.60. The number of aryl methyl sites for hydroxylation is 1. The Kier molecular flexibility index (Phi) is 3.17. The minimum absolute atomic E-state index is 0.344. The highest BCUT2D eigenvalue weighted by Gasteiger charge is 2.24. The van der Waals surface area contributed by atoms with E-state index in [1.54, 1.807) is 13.1 Å². The maximum atomic E-state index is 11.6. The lowest BCUT2D eigenvalue weighted by Gasteiger charge is -2.23. The van der Waals surface area contributed by atoms with Crippen LogP contribution in [-0.4, -0.2) is 22.5 Å². The number of carbonyl (C=O) groups excluding carboxylic acids is 1. The van der Waals surface area contributed by atoms with Crippen molar-refractivity contribution >= 4 is 5.97 Å². The van der Waals surface area contributed by atoms with Gasteiger partial charge in [-0.15, -0.1) is 0 Å². The summed E-state index contributed by atoms with van der Waals surface area (Å²) >= 11 is 0. The van der Waals surface area contributed by atoms with Crippen molar-refractivity contribution in [1.29, 1.82) is 0 Å². The molecule has 0 amide bonds. The largest absolute Gasteiger partial charge is 0.461 e. The summed E-state index contributed by atoms with van der Waals surface area (Å²) in [6.45, 7) is 4.00. The molecule has 0 N–H and O–H groups in total. The molecule has 1 heterocycles. The number of ether oxygens (including phenoxy) is 1. The topological polar surface area (TPSA) is 52.1 Å². The lowest BCUT2D eigenvalue weighted by Crippen LogP contribution is -2.17. The molecule has 4 heteroatoms. The third-order valence-electron chi connectivity index (χ3n) is 2.93. The molecule has 2 rings (SSSR count). The molecule has 0 atom stereocenters. The molecule has 16 heavy (non-hydrogen) atoms. The van der Waals surface area contributed by atoms with Crippen LogP contribution in [0.5, 0.6) is 0 Å². The first-order valence-corrected chi connectivity index (χ1v) is 5.73. The Morgan fingerprint density at radius 2 is 2.31 bits per heavy atom. The lowest BCUT2D eigenvalue weighted by atomic mass is 9.85. The SMILES string of the molecule is CCOC(=O)c1nc(C2CCC2)ncc1C. The van der Waals surface area contributed by atoms with Gasteiger partial charge in [0.05, 0.1) is 6.61 Å². The van der Waals surface area contributed by atoms with E-state index >= 15 is 0 Å². The van der Waals surface area contributed by atoms with E-state index < -0.39 is 0 Å². The summed E-state index contributed by atoms with van der Waals surface area (Å²) in [7, 11) is 0. The van der Waals surface area contributed by atoms with Gasteiger partial charge in [-0.1, -0.05) is 6.42 Å². The fourth-order valence-electron chi connectivity index (χ4n) is 1.72. The highest BCUT2D eigenvalue weighted by atomic mass is 16.5. The maximum absolute atomic E-state index is 11.6. The predicted molar refractivity (Wildman–Crippen MR) is 59.3 cm³/mol. The quantitative estimate of drug-likeness (QED) is 0.733.